The molecule has 2 heterocycles. The van der Waals surface area contributed by atoms with Gasteiger partial charge in [-0.25, -0.2) is 9.97 Å². The topological polar surface area (TPSA) is 128 Å². The smallest absolute Gasteiger partial charge is 0.383 e. The number of rotatable bonds is 5. The molecule has 1 amide bonds. The minimum Gasteiger partial charge on any atom is -0.383 e. The van der Waals surface area contributed by atoms with Gasteiger partial charge in [0.25, 0.3) is 0 Å². The van der Waals surface area contributed by atoms with Crippen LogP contribution in [0.1, 0.15) is 42.0 Å². The average Bonchev–Trinajstić information content (AvgIpc) is 2.65. The second-order valence-corrected chi connectivity index (χ2v) is 7.07. The second kappa shape index (κ2) is 8.80. The van der Waals surface area contributed by atoms with Crippen LogP contribution in [-0.2, 0) is 11.0 Å². The van der Waals surface area contributed by atoms with Crippen molar-refractivity contribution in [3.63, 3.8) is 0 Å². The van der Waals surface area contributed by atoms with E-state index in [9.17, 15) is 28.5 Å². The van der Waals surface area contributed by atoms with Gasteiger partial charge in [0.05, 0.1) is 22.4 Å². The van der Waals surface area contributed by atoms with Crippen molar-refractivity contribution < 1.29 is 18.0 Å². The lowest BCUT2D eigenvalue weighted by atomic mass is 9.94. The lowest BCUT2D eigenvalue weighted by molar-refractivity contribution is -0.137. The number of hydrogen-bond donors (Lipinski definition) is 2. The number of nitrogens with one attached hydrogen (secondary N) is 1. The number of halogens is 3. The van der Waals surface area contributed by atoms with E-state index in [2.05, 4.69) is 15.3 Å². The third-order valence-electron chi connectivity index (χ3n) is 3.73. The van der Waals surface area contributed by atoms with Crippen LogP contribution in [0.25, 0.3) is 0 Å². The Bertz CT molecular complexity index is 1010. The number of alkyl halides is 3. The van der Waals surface area contributed by atoms with E-state index in [1.807, 2.05) is 12.1 Å². The molecule has 0 spiro atoms. The maximum absolute atomic E-state index is 12.5. The molecule has 7 nitrogen and oxygen atoms in total. The summed E-state index contributed by atoms with van der Waals surface area (Å²) in [5, 5.41) is 21.3. The van der Waals surface area contributed by atoms with Crippen molar-refractivity contribution in [1.82, 2.24) is 9.97 Å². The first-order valence-corrected chi connectivity index (χ1v) is 9.16. The van der Waals surface area contributed by atoms with Crippen molar-refractivity contribution in [1.29, 1.82) is 10.5 Å². The number of aromatic nitrogens is 2. The Kier molecular flexibility index (Phi) is 6.67. The fourth-order valence-corrected chi connectivity index (χ4v) is 3.26. The molecule has 2 aromatic heterocycles. The Morgan fingerprint density at radius 3 is 2.41 bits per heavy atom. The number of hydrogen-bond acceptors (Lipinski definition) is 7. The maximum atomic E-state index is 12.5. The molecule has 11 heteroatoms. The third kappa shape index (κ3) is 5.15. The highest BCUT2D eigenvalue weighted by molar-refractivity contribution is 8.00. The van der Waals surface area contributed by atoms with Crippen LogP contribution in [-0.4, -0.2) is 21.6 Å². The molecular formula is C18H15F3N6OS. The minimum absolute atomic E-state index is 0.0393. The van der Waals surface area contributed by atoms with E-state index in [-0.39, 0.29) is 39.5 Å². The predicted octanol–water partition coefficient (Wildman–Crippen LogP) is 3.68. The van der Waals surface area contributed by atoms with Gasteiger partial charge in [0.2, 0.25) is 5.91 Å². The highest BCUT2D eigenvalue weighted by Crippen LogP contribution is 2.33. The molecular weight excluding hydrogens is 405 g/mol. The number of nitrogens with two attached hydrogens (primary N) is 1. The minimum atomic E-state index is -4.52. The molecule has 0 fully saturated rings. The number of nitriles is 2. The molecule has 29 heavy (non-hydrogen) atoms. The van der Waals surface area contributed by atoms with Gasteiger partial charge in [0.1, 0.15) is 28.8 Å². The molecule has 0 saturated carbocycles. The van der Waals surface area contributed by atoms with Gasteiger partial charge in [0, 0.05) is 6.20 Å². The fourth-order valence-electron chi connectivity index (χ4n) is 2.46. The quantitative estimate of drug-likeness (QED) is 0.706. The van der Waals surface area contributed by atoms with Crippen molar-refractivity contribution in [2.45, 2.75) is 31.0 Å². The number of thioether (sulfide) groups is 1. The zero-order valence-corrected chi connectivity index (χ0v) is 16.1. The summed E-state index contributed by atoms with van der Waals surface area (Å²) in [6, 6.07) is 5.79. The van der Waals surface area contributed by atoms with Gasteiger partial charge in [-0.15, -0.1) is 0 Å². The molecule has 0 saturated heterocycles. The van der Waals surface area contributed by atoms with Gasteiger partial charge in [-0.3, -0.25) is 4.79 Å². The maximum Gasteiger partial charge on any atom is 0.417 e. The van der Waals surface area contributed by atoms with Crippen LogP contribution in [0.4, 0.5) is 24.8 Å². The molecule has 0 bridgehead atoms. The van der Waals surface area contributed by atoms with Gasteiger partial charge >= 0.3 is 6.18 Å². The van der Waals surface area contributed by atoms with Gasteiger partial charge in [-0.05, 0) is 23.6 Å². The van der Waals surface area contributed by atoms with Crippen LogP contribution < -0.4 is 11.1 Å². The number of amides is 1. The van der Waals surface area contributed by atoms with Crippen LogP contribution in [0, 0.1) is 22.7 Å². The van der Waals surface area contributed by atoms with E-state index in [0.29, 0.717) is 11.8 Å². The monoisotopic (exact) mass is 420 g/mol. The molecule has 0 unspecified atom stereocenters. The standard InChI is InChI=1S/C18H15F3N6OS/c1-9(2)15-11(5-22)16(24)27-17(12(15)6-23)29-8-14(28)26-13-4-3-10(7-25-13)18(19,20)21/h3-4,7,9H,8H2,1-2H3,(H2,24,27)(H,25,26,28). The number of nitrogen functional groups attached to an aromatic ring is 1. The van der Waals surface area contributed by atoms with E-state index in [0.717, 1.165) is 23.9 Å². The summed E-state index contributed by atoms with van der Waals surface area (Å²) < 4.78 is 37.6. The Morgan fingerprint density at radius 1 is 1.28 bits per heavy atom. The average molecular weight is 420 g/mol. The van der Waals surface area contributed by atoms with E-state index in [1.165, 1.54) is 0 Å². The highest BCUT2D eigenvalue weighted by Gasteiger charge is 2.30. The van der Waals surface area contributed by atoms with E-state index >= 15 is 0 Å². The molecule has 0 aromatic carbocycles. The molecule has 2 aromatic rings. The van der Waals surface area contributed by atoms with E-state index in [1.54, 1.807) is 13.8 Å². The number of carbonyl (C=O) groups is 1. The molecule has 3 N–H and O–H groups in total. The summed E-state index contributed by atoms with van der Waals surface area (Å²) in [7, 11) is 0. The van der Waals surface area contributed by atoms with Gasteiger partial charge < -0.3 is 11.1 Å². The predicted molar refractivity (Wildman–Crippen MR) is 101 cm³/mol. The van der Waals surface area contributed by atoms with Crippen molar-refractivity contribution >= 4 is 29.3 Å². The number of carbonyl (C=O) groups excluding carboxylic acids is 1. The largest absolute Gasteiger partial charge is 0.417 e. The van der Waals surface area contributed by atoms with Gasteiger partial charge in [-0.2, -0.15) is 23.7 Å². The molecule has 0 aliphatic carbocycles. The lowest BCUT2D eigenvalue weighted by Crippen LogP contribution is -2.16. The Hall–Kier alpha value is -3.31. The number of pyridine rings is 2. The molecule has 2 rings (SSSR count). The Labute approximate surface area is 168 Å². The van der Waals surface area contributed by atoms with Crippen LogP contribution >= 0.6 is 11.8 Å². The first-order valence-electron chi connectivity index (χ1n) is 8.18. The first kappa shape index (κ1) is 22.0. The summed E-state index contributed by atoms with van der Waals surface area (Å²) in [5.74, 6) is -0.995. The molecule has 0 aliphatic heterocycles. The van der Waals surface area contributed by atoms with Gasteiger partial charge in [0.15, 0.2) is 0 Å². The van der Waals surface area contributed by atoms with Crippen LogP contribution in [0.15, 0.2) is 23.4 Å². The first-order chi connectivity index (χ1) is 13.6. The Balaban J connectivity index is 2.16. The zero-order chi connectivity index (χ0) is 21.8. The lowest BCUT2D eigenvalue weighted by Gasteiger charge is -2.15. The third-order valence-corrected chi connectivity index (χ3v) is 4.71. The summed E-state index contributed by atoms with van der Waals surface area (Å²) >= 11 is 0.928. The second-order valence-electron chi connectivity index (χ2n) is 6.11. The normalized spacial score (nSPS) is 11.0. The fraction of sp³-hybridized carbons (Fsp3) is 0.278. The van der Waals surface area contributed by atoms with Crippen LogP contribution in [0.3, 0.4) is 0 Å². The van der Waals surface area contributed by atoms with Gasteiger partial charge in [-0.1, -0.05) is 25.6 Å². The van der Waals surface area contributed by atoms with E-state index in [4.69, 9.17) is 5.73 Å². The highest BCUT2D eigenvalue weighted by atomic mass is 32.2. The number of anilines is 2. The van der Waals surface area contributed by atoms with Crippen LogP contribution in [0.2, 0.25) is 0 Å². The zero-order valence-electron chi connectivity index (χ0n) is 15.3. The number of nitrogens with zero attached hydrogens (tertiary/aromatic N) is 4. The molecule has 0 atom stereocenters. The SMILES string of the molecule is CC(C)c1c(C#N)c(N)nc(SCC(=O)Nc2ccc(C(F)(F)F)cn2)c1C#N. The van der Waals surface area contributed by atoms with Crippen LogP contribution in [0.5, 0.6) is 0 Å². The molecule has 150 valence electrons. The van der Waals surface area contributed by atoms with Crippen molar-refractivity contribution in [3.05, 3.63) is 40.6 Å². The molecule has 0 aliphatic rings. The summed E-state index contributed by atoms with van der Waals surface area (Å²) in [6.07, 6.45) is -3.90. The molecule has 0 radical (unpaired) electrons. The summed E-state index contributed by atoms with van der Waals surface area (Å²) in [5.41, 5.74) is 5.63. The van der Waals surface area contributed by atoms with Crippen molar-refractivity contribution in [2.75, 3.05) is 16.8 Å². The van der Waals surface area contributed by atoms with Crippen molar-refractivity contribution in [2.24, 2.45) is 0 Å². The summed E-state index contributed by atoms with van der Waals surface area (Å²) in [4.78, 5) is 19.7. The summed E-state index contributed by atoms with van der Waals surface area (Å²) in [6.45, 7) is 3.60. The Morgan fingerprint density at radius 2 is 1.93 bits per heavy atom. The van der Waals surface area contributed by atoms with E-state index < -0.39 is 17.6 Å². The van der Waals surface area contributed by atoms with Crippen molar-refractivity contribution in [3.8, 4) is 12.1 Å².